The number of hydrogen-bond acceptors (Lipinski definition) is 1. The van der Waals surface area contributed by atoms with Gasteiger partial charge in [-0.25, -0.2) is 0 Å². The normalized spacial score (nSPS) is 21.3. The Morgan fingerprint density at radius 2 is 1.52 bits per heavy atom. The SMILES string of the molecule is CC12C=Cc3[nH]c4ccccc4c3C1c1ccc3ccccc3c1N2c1ccccc1. The van der Waals surface area contributed by atoms with E-state index in [0.29, 0.717) is 0 Å². The van der Waals surface area contributed by atoms with Gasteiger partial charge in [0.2, 0.25) is 0 Å². The van der Waals surface area contributed by atoms with Crippen molar-refractivity contribution in [1.82, 2.24) is 4.98 Å². The van der Waals surface area contributed by atoms with Crippen LogP contribution in [0.2, 0.25) is 0 Å². The Morgan fingerprint density at radius 3 is 2.39 bits per heavy atom. The average molecular weight is 399 g/mol. The summed E-state index contributed by atoms with van der Waals surface area (Å²) in [5.74, 6) is 0.253. The summed E-state index contributed by atoms with van der Waals surface area (Å²) in [6.07, 6.45) is 4.69. The number of hydrogen-bond donors (Lipinski definition) is 1. The van der Waals surface area contributed by atoms with E-state index in [2.05, 4.69) is 120 Å². The van der Waals surface area contributed by atoms with Gasteiger partial charge in [0.15, 0.2) is 0 Å². The fourth-order valence-electron chi connectivity index (χ4n) is 5.92. The molecule has 2 heteroatoms. The smallest absolute Gasteiger partial charge is 0.0720 e. The van der Waals surface area contributed by atoms with E-state index in [0.717, 1.165) is 0 Å². The van der Waals surface area contributed by atoms with E-state index in [1.54, 1.807) is 0 Å². The molecular weight excluding hydrogens is 376 g/mol. The molecule has 2 aliphatic rings. The zero-order valence-corrected chi connectivity index (χ0v) is 17.3. The molecule has 0 saturated carbocycles. The van der Waals surface area contributed by atoms with Crippen molar-refractivity contribution in [3.05, 3.63) is 114 Å². The lowest BCUT2D eigenvalue weighted by Gasteiger charge is -2.41. The fraction of sp³-hybridized carbons (Fsp3) is 0.103. The lowest BCUT2D eigenvalue weighted by Crippen LogP contribution is -2.43. The van der Waals surface area contributed by atoms with Crippen LogP contribution in [0.3, 0.4) is 0 Å². The largest absolute Gasteiger partial charge is 0.355 e. The van der Waals surface area contributed by atoms with Crippen LogP contribution in [0.1, 0.15) is 29.7 Å². The summed E-state index contributed by atoms with van der Waals surface area (Å²) >= 11 is 0. The number of aromatic nitrogens is 1. The second kappa shape index (κ2) is 5.89. The highest BCUT2D eigenvalue weighted by Crippen LogP contribution is 2.59. The van der Waals surface area contributed by atoms with Gasteiger partial charge in [-0.15, -0.1) is 0 Å². The molecule has 0 saturated heterocycles. The quantitative estimate of drug-likeness (QED) is 0.312. The minimum Gasteiger partial charge on any atom is -0.355 e. The van der Waals surface area contributed by atoms with Crippen molar-refractivity contribution >= 4 is 39.1 Å². The molecule has 1 aliphatic heterocycles. The summed E-state index contributed by atoms with van der Waals surface area (Å²) in [5.41, 5.74) is 7.64. The Morgan fingerprint density at radius 1 is 0.774 bits per heavy atom. The van der Waals surface area contributed by atoms with Crippen molar-refractivity contribution in [2.24, 2.45) is 0 Å². The first kappa shape index (κ1) is 17.0. The molecule has 2 atom stereocenters. The highest BCUT2D eigenvalue weighted by atomic mass is 15.2. The topological polar surface area (TPSA) is 19.0 Å². The predicted octanol–water partition coefficient (Wildman–Crippen LogP) is 7.39. The molecule has 1 aromatic heterocycles. The molecule has 0 bridgehead atoms. The minimum atomic E-state index is -0.189. The van der Waals surface area contributed by atoms with Gasteiger partial charge in [-0.2, -0.15) is 0 Å². The van der Waals surface area contributed by atoms with Crippen LogP contribution in [0.5, 0.6) is 0 Å². The third-order valence-corrected chi connectivity index (χ3v) is 7.20. The van der Waals surface area contributed by atoms with Crippen molar-refractivity contribution in [1.29, 1.82) is 0 Å². The first-order valence-electron chi connectivity index (χ1n) is 10.9. The molecule has 4 aromatic carbocycles. The van der Waals surface area contributed by atoms with Crippen molar-refractivity contribution in [2.75, 3.05) is 4.90 Å². The summed E-state index contributed by atoms with van der Waals surface area (Å²) in [5, 5.41) is 3.92. The third kappa shape index (κ3) is 2.12. The summed E-state index contributed by atoms with van der Waals surface area (Å²) in [4.78, 5) is 6.23. The van der Waals surface area contributed by atoms with Crippen molar-refractivity contribution in [2.45, 2.75) is 18.4 Å². The van der Waals surface area contributed by atoms with Crippen molar-refractivity contribution < 1.29 is 0 Å². The van der Waals surface area contributed by atoms with E-state index in [9.17, 15) is 0 Å². The van der Waals surface area contributed by atoms with E-state index in [1.165, 1.54) is 49.9 Å². The lowest BCUT2D eigenvalue weighted by molar-refractivity contribution is 0.534. The molecular formula is C29H22N2. The molecule has 1 aliphatic carbocycles. The maximum Gasteiger partial charge on any atom is 0.0720 e. The van der Waals surface area contributed by atoms with Crippen LogP contribution < -0.4 is 4.90 Å². The summed E-state index contributed by atoms with van der Waals surface area (Å²) in [7, 11) is 0. The molecule has 7 rings (SSSR count). The monoisotopic (exact) mass is 398 g/mol. The Labute approximate surface area is 181 Å². The second-order valence-corrected chi connectivity index (χ2v) is 8.89. The molecule has 0 spiro atoms. The standard InChI is InChI=1S/C29H22N2/c1-29-18-17-25-26(22-13-7-8-14-24(22)30-25)27(29)23-16-15-19-9-5-6-12-21(19)28(23)31(29)20-10-3-2-4-11-20/h2-18,27,30H,1H3. The van der Waals surface area contributed by atoms with E-state index < -0.39 is 0 Å². The van der Waals surface area contributed by atoms with Gasteiger partial charge in [0.25, 0.3) is 0 Å². The van der Waals surface area contributed by atoms with E-state index >= 15 is 0 Å². The molecule has 5 aromatic rings. The summed E-state index contributed by atoms with van der Waals surface area (Å²) < 4.78 is 0. The minimum absolute atomic E-state index is 0.189. The number of anilines is 2. The molecule has 2 nitrogen and oxygen atoms in total. The number of rotatable bonds is 1. The zero-order valence-electron chi connectivity index (χ0n) is 17.3. The van der Waals surface area contributed by atoms with Crippen LogP contribution in [0.4, 0.5) is 11.4 Å². The van der Waals surface area contributed by atoms with Crippen molar-refractivity contribution in [3.63, 3.8) is 0 Å². The first-order valence-corrected chi connectivity index (χ1v) is 10.9. The Hall–Kier alpha value is -3.78. The molecule has 0 fully saturated rings. The lowest BCUT2D eigenvalue weighted by atomic mass is 9.74. The third-order valence-electron chi connectivity index (χ3n) is 7.20. The first-order chi connectivity index (χ1) is 15.3. The van der Waals surface area contributed by atoms with Gasteiger partial charge in [-0.1, -0.05) is 78.9 Å². The molecule has 0 radical (unpaired) electrons. The van der Waals surface area contributed by atoms with Crippen LogP contribution >= 0.6 is 0 Å². The van der Waals surface area contributed by atoms with Crippen LogP contribution in [0.25, 0.3) is 27.8 Å². The van der Waals surface area contributed by atoms with Gasteiger partial charge >= 0.3 is 0 Å². The van der Waals surface area contributed by atoms with E-state index in [-0.39, 0.29) is 11.5 Å². The van der Waals surface area contributed by atoms with Crippen LogP contribution in [0, 0.1) is 0 Å². The number of aromatic amines is 1. The number of H-pyrrole nitrogens is 1. The van der Waals surface area contributed by atoms with Crippen molar-refractivity contribution in [3.8, 4) is 0 Å². The van der Waals surface area contributed by atoms with Gasteiger partial charge in [0.05, 0.1) is 11.2 Å². The molecule has 2 heterocycles. The Kier molecular flexibility index (Phi) is 3.22. The van der Waals surface area contributed by atoms with E-state index in [4.69, 9.17) is 0 Å². The van der Waals surface area contributed by atoms with E-state index in [1.807, 2.05) is 0 Å². The summed E-state index contributed by atoms with van der Waals surface area (Å²) in [6, 6.07) is 33.0. The van der Waals surface area contributed by atoms with Crippen LogP contribution in [-0.2, 0) is 0 Å². The molecule has 0 amide bonds. The fourth-order valence-corrected chi connectivity index (χ4v) is 5.92. The molecule has 1 N–H and O–H groups in total. The van der Waals surface area contributed by atoms with Gasteiger partial charge in [-0.3, -0.25) is 0 Å². The van der Waals surface area contributed by atoms with Gasteiger partial charge in [-0.05, 0) is 47.7 Å². The highest BCUT2D eigenvalue weighted by Gasteiger charge is 2.51. The number of fused-ring (bicyclic) bond motifs is 9. The number of benzene rings is 4. The predicted molar refractivity (Wildman–Crippen MR) is 130 cm³/mol. The number of nitrogens with zero attached hydrogens (tertiary/aromatic N) is 1. The van der Waals surface area contributed by atoms with Gasteiger partial charge in [0.1, 0.15) is 0 Å². The van der Waals surface area contributed by atoms with Crippen LogP contribution in [0.15, 0.2) is 97.1 Å². The highest BCUT2D eigenvalue weighted by molar-refractivity contribution is 6.03. The maximum atomic E-state index is 3.66. The second-order valence-electron chi connectivity index (χ2n) is 8.89. The van der Waals surface area contributed by atoms with Crippen LogP contribution in [-0.4, -0.2) is 10.5 Å². The zero-order chi connectivity index (χ0) is 20.6. The number of para-hydroxylation sites is 2. The van der Waals surface area contributed by atoms with Gasteiger partial charge in [0, 0.05) is 33.6 Å². The maximum absolute atomic E-state index is 3.66. The van der Waals surface area contributed by atoms with Gasteiger partial charge < -0.3 is 9.88 Å². The number of nitrogens with one attached hydrogen (secondary N) is 1. The molecule has 2 unspecified atom stereocenters. The Bertz CT molecular complexity index is 1510. The summed E-state index contributed by atoms with van der Waals surface area (Å²) in [6.45, 7) is 2.39. The average Bonchev–Trinajstić information content (AvgIpc) is 3.31. The Balaban J connectivity index is 1.62. The molecule has 148 valence electrons. The molecule has 31 heavy (non-hydrogen) atoms.